The monoisotopic (exact) mass is 423 g/mol. The normalized spacial score (nSPS) is 15.7. The lowest BCUT2D eigenvalue weighted by Gasteiger charge is -2.34. The number of amides is 2. The minimum Gasteiger partial charge on any atom is -0.497 e. The van der Waals surface area contributed by atoms with E-state index in [-0.39, 0.29) is 6.54 Å². The Labute approximate surface area is 176 Å². The first-order valence-electron chi connectivity index (χ1n) is 9.67. The molecule has 3 rings (SSSR count). The summed E-state index contributed by atoms with van der Waals surface area (Å²) in [6, 6.07) is 11.9. The molecule has 30 heavy (non-hydrogen) atoms. The van der Waals surface area contributed by atoms with E-state index in [1.165, 1.54) is 0 Å². The van der Waals surface area contributed by atoms with Gasteiger partial charge < -0.3 is 15.2 Å². The highest BCUT2D eigenvalue weighted by atomic mass is 28.3. The first kappa shape index (κ1) is 21.4. The number of anilines is 1. The van der Waals surface area contributed by atoms with Gasteiger partial charge in [-0.3, -0.25) is 9.69 Å². The lowest BCUT2D eigenvalue weighted by molar-refractivity contribution is -0.121. The van der Waals surface area contributed by atoms with Crippen molar-refractivity contribution in [3.63, 3.8) is 0 Å². The van der Waals surface area contributed by atoms with Crippen molar-refractivity contribution in [3.8, 4) is 11.8 Å². The number of carbonyl (C=O) groups excluding carboxylic acids is 1. The highest BCUT2D eigenvalue weighted by Gasteiger charge is 2.36. The van der Waals surface area contributed by atoms with Gasteiger partial charge in [-0.25, -0.2) is 4.79 Å². The summed E-state index contributed by atoms with van der Waals surface area (Å²) in [6.45, 7) is 6.67. The van der Waals surface area contributed by atoms with Crippen molar-refractivity contribution >= 4 is 30.9 Å². The Morgan fingerprint density at radius 2 is 1.97 bits per heavy atom. The maximum Gasteiger partial charge on any atom is 0.408 e. The molecule has 1 aliphatic rings. The molecule has 0 saturated carbocycles. The summed E-state index contributed by atoms with van der Waals surface area (Å²) in [5, 5.41) is 23.0. The molecule has 0 radical (unpaired) electrons. The fourth-order valence-corrected chi connectivity index (χ4v) is 5.32. The van der Waals surface area contributed by atoms with Gasteiger partial charge in [-0.2, -0.15) is 5.26 Å². The fourth-order valence-electron chi connectivity index (χ4n) is 3.80. The van der Waals surface area contributed by atoms with Crippen LogP contribution in [0.2, 0.25) is 19.6 Å². The maximum atomic E-state index is 13.2. The number of carbonyl (C=O) groups is 2. The minimum absolute atomic E-state index is 0.214. The van der Waals surface area contributed by atoms with Crippen molar-refractivity contribution in [1.29, 1.82) is 5.26 Å². The highest BCUT2D eigenvalue weighted by Crippen LogP contribution is 2.33. The van der Waals surface area contributed by atoms with Crippen LogP contribution < -0.4 is 15.2 Å². The summed E-state index contributed by atoms with van der Waals surface area (Å²) >= 11 is 0. The molecule has 0 fully saturated rings. The number of hydrogen-bond acceptors (Lipinski definition) is 4. The van der Waals surface area contributed by atoms with Gasteiger partial charge in [0.05, 0.1) is 26.8 Å². The molecule has 0 spiro atoms. The van der Waals surface area contributed by atoms with E-state index in [2.05, 4.69) is 31.0 Å². The zero-order chi connectivity index (χ0) is 22.1. The van der Waals surface area contributed by atoms with Gasteiger partial charge in [0, 0.05) is 12.2 Å². The third kappa shape index (κ3) is 4.16. The van der Waals surface area contributed by atoms with Crippen molar-refractivity contribution in [2.24, 2.45) is 0 Å². The van der Waals surface area contributed by atoms with Gasteiger partial charge in [-0.05, 0) is 47.0 Å². The van der Waals surface area contributed by atoms with Crippen molar-refractivity contribution < 1.29 is 19.4 Å². The molecule has 2 aromatic carbocycles. The zero-order valence-electron chi connectivity index (χ0n) is 17.5. The van der Waals surface area contributed by atoms with Crippen molar-refractivity contribution in [2.75, 3.05) is 19.0 Å². The molecule has 0 saturated heterocycles. The Hall–Kier alpha value is -3.31. The second-order valence-corrected chi connectivity index (χ2v) is 13.3. The number of carboxylic acid groups (broad SMARTS) is 1. The molecule has 1 heterocycles. The standard InChI is InChI=1S/C22H25N3O4Si/c1-29-17-6-7-18-14(12-17)9-10-25(22(27)28)20(18)21(26)24-16-5-8-19(30(2,3)4)15(11-16)13-23/h5-8,11-12,20H,9-10H2,1-4H3,(H,24,26)(H,27,28)/t20-/m1/s1. The molecule has 1 aliphatic heterocycles. The quantitative estimate of drug-likeness (QED) is 0.735. The number of nitrogens with zero attached hydrogens (tertiary/aromatic N) is 2. The third-order valence-electron chi connectivity index (χ3n) is 5.29. The molecule has 0 aromatic heterocycles. The molecule has 7 nitrogen and oxygen atoms in total. The predicted molar refractivity (Wildman–Crippen MR) is 117 cm³/mol. The van der Waals surface area contributed by atoms with Crippen molar-refractivity contribution in [3.05, 3.63) is 53.1 Å². The average molecular weight is 424 g/mol. The SMILES string of the molecule is COc1ccc2c(c1)CCN(C(=O)O)[C@H]2C(=O)Nc1ccc([Si](C)(C)C)c(C#N)c1. The fraction of sp³-hybridized carbons (Fsp3) is 0.318. The van der Waals surface area contributed by atoms with Crippen LogP contribution >= 0.6 is 0 Å². The van der Waals surface area contributed by atoms with Gasteiger partial charge in [0.1, 0.15) is 11.8 Å². The number of ether oxygens (including phenoxy) is 1. The first-order chi connectivity index (χ1) is 14.2. The van der Waals surface area contributed by atoms with Crippen LogP contribution in [0.4, 0.5) is 10.5 Å². The number of benzene rings is 2. The molecule has 2 amide bonds. The van der Waals surface area contributed by atoms with Gasteiger partial charge >= 0.3 is 6.09 Å². The molecular formula is C22H25N3O4Si. The Morgan fingerprint density at radius 3 is 2.57 bits per heavy atom. The average Bonchev–Trinajstić information content (AvgIpc) is 2.71. The molecule has 8 heteroatoms. The molecular weight excluding hydrogens is 398 g/mol. The summed E-state index contributed by atoms with van der Waals surface area (Å²) in [7, 11) is -0.145. The zero-order valence-corrected chi connectivity index (χ0v) is 18.5. The second-order valence-electron chi connectivity index (χ2n) is 8.30. The lowest BCUT2D eigenvalue weighted by atomic mass is 9.92. The van der Waals surface area contributed by atoms with E-state index < -0.39 is 26.1 Å². The van der Waals surface area contributed by atoms with Crippen LogP contribution in [-0.4, -0.2) is 43.7 Å². The van der Waals surface area contributed by atoms with Crippen LogP contribution in [-0.2, 0) is 11.2 Å². The summed E-state index contributed by atoms with van der Waals surface area (Å²) in [4.78, 5) is 26.1. The molecule has 0 unspecified atom stereocenters. The van der Waals surface area contributed by atoms with E-state index in [4.69, 9.17) is 4.74 Å². The van der Waals surface area contributed by atoms with Crippen LogP contribution in [0.5, 0.6) is 5.75 Å². The Kier molecular flexibility index (Phi) is 5.85. The van der Waals surface area contributed by atoms with Gasteiger partial charge in [-0.1, -0.05) is 31.8 Å². The number of rotatable bonds is 4. The molecule has 1 atom stereocenters. The van der Waals surface area contributed by atoms with Gasteiger partial charge in [-0.15, -0.1) is 0 Å². The van der Waals surface area contributed by atoms with E-state index in [1.807, 2.05) is 12.1 Å². The van der Waals surface area contributed by atoms with Gasteiger partial charge in [0.15, 0.2) is 0 Å². The minimum atomic E-state index is -1.71. The Balaban J connectivity index is 1.95. The van der Waals surface area contributed by atoms with E-state index in [0.717, 1.165) is 15.7 Å². The van der Waals surface area contributed by atoms with Gasteiger partial charge in [0.25, 0.3) is 5.91 Å². The second kappa shape index (κ2) is 8.20. The topological polar surface area (TPSA) is 103 Å². The summed E-state index contributed by atoms with van der Waals surface area (Å²) in [5.74, 6) is 0.213. The molecule has 156 valence electrons. The van der Waals surface area contributed by atoms with Crippen LogP contribution in [0.1, 0.15) is 22.7 Å². The number of nitriles is 1. The van der Waals surface area contributed by atoms with Crippen LogP contribution in [0.25, 0.3) is 0 Å². The van der Waals surface area contributed by atoms with Crippen LogP contribution in [0.15, 0.2) is 36.4 Å². The van der Waals surface area contributed by atoms with Crippen molar-refractivity contribution in [1.82, 2.24) is 4.90 Å². The molecule has 2 N–H and O–H groups in total. The largest absolute Gasteiger partial charge is 0.497 e. The number of fused-ring (bicyclic) bond motifs is 1. The third-order valence-corrected chi connectivity index (χ3v) is 7.34. The first-order valence-corrected chi connectivity index (χ1v) is 13.2. The summed E-state index contributed by atoms with van der Waals surface area (Å²) in [5.41, 5.74) is 2.54. The number of methoxy groups -OCH3 is 1. The summed E-state index contributed by atoms with van der Waals surface area (Å²) in [6.07, 6.45) is -0.644. The van der Waals surface area contributed by atoms with E-state index in [0.29, 0.717) is 29.0 Å². The van der Waals surface area contributed by atoms with E-state index in [1.54, 1.807) is 31.4 Å². The number of hydrogen-bond donors (Lipinski definition) is 2. The highest BCUT2D eigenvalue weighted by molar-refractivity contribution is 6.89. The van der Waals surface area contributed by atoms with Gasteiger partial charge in [0.2, 0.25) is 0 Å². The van der Waals surface area contributed by atoms with E-state index >= 15 is 0 Å². The summed E-state index contributed by atoms with van der Waals surface area (Å²) < 4.78 is 5.25. The van der Waals surface area contributed by atoms with E-state index in [9.17, 15) is 20.0 Å². The Bertz CT molecular complexity index is 1040. The molecule has 0 bridgehead atoms. The molecule has 0 aliphatic carbocycles. The van der Waals surface area contributed by atoms with Crippen LogP contribution in [0, 0.1) is 11.3 Å². The number of nitrogens with one attached hydrogen (secondary N) is 1. The lowest BCUT2D eigenvalue weighted by Crippen LogP contribution is -2.44. The Morgan fingerprint density at radius 1 is 1.23 bits per heavy atom. The van der Waals surface area contributed by atoms with Crippen LogP contribution in [0.3, 0.4) is 0 Å². The van der Waals surface area contributed by atoms with Crippen molar-refractivity contribution in [2.45, 2.75) is 32.1 Å². The smallest absolute Gasteiger partial charge is 0.408 e. The molecule has 2 aromatic rings. The predicted octanol–water partition coefficient (Wildman–Crippen LogP) is 3.33. The maximum absolute atomic E-state index is 13.2.